The standard InChI is InChI=1S/C12H18N6/c1-12(4-3-5-12)7-14-9-8-6-15-18-10(8)17-11(13-2)16-9/h6H,3-5,7H2,1-2H3,(H3,13,14,15,16,17,18). The Morgan fingerprint density at radius 1 is 1.39 bits per heavy atom. The van der Waals surface area contributed by atoms with Crippen LogP contribution in [-0.2, 0) is 0 Å². The summed E-state index contributed by atoms with van der Waals surface area (Å²) in [5.74, 6) is 1.46. The Balaban J connectivity index is 1.87. The van der Waals surface area contributed by atoms with Crippen LogP contribution in [0.25, 0.3) is 11.0 Å². The summed E-state index contributed by atoms with van der Waals surface area (Å²) in [6, 6.07) is 0. The summed E-state index contributed by atoms with van der Waals surface area (Å²) in [5, 5.41) is 14.2. The zero-order chi connectivity index (χ0) is 12.6. The predicted octanol–water partition coefficient (Wildman–Crippen LogP) is 2.00. The first-order chi connectivity index (χ1) is 8.70. The highest BCUT2D eigenvalue weighted by molar-refractivity contribution is 5.86. The van der Waals surface area contributed by atoms with Crippen molar-refractivity contribution in [3.05, 3.63) is 6.20 Å². The Kier molecular flexibility index (Phi) is 2.57. The molecular formula is C12H18N6. The van der Waals surface area contributed by atoms with Crippen molar-refractivity contribution in [2.24, 2.45) is 5.41 Å². The molecule has 1 saturated carbocycles. The number of anilines is 2. The van der Waals surface area contributed by atoms with E-state index >= 15 is 0 Å². The van der Waals surface area contributed by atoms with Gasteiger partial charge in [0.15, 0.2) is 5.65 Å². The van der Waals surface area contributed by atoms with Crippen LogP contribution >= 0.6 is 0 Å². The first-order valence-corrected chi connectivity index (χ1v) is 6.33. The average Bonchev–Trinajstić information content (AvgIpc) is 2.81. The molecule has 96 valence electrons. The lowest BCUT2D eigenvalue weighted by atomic mass is 9.70. The van der Waals surface area contributed by atoms with Gasteiger partial charge in [-0.05, 0) is 18.3 Å². The van der Waals surface area contributed by atoms with Gasteiger partial charge in [-0.25, -0.2) is 0 Å². The molecule has 0 aliphatic heterocycles. The van der Waals surface area contributed by atoms with Crippen LogP contribution in [0, 0.1) is 5.41 Å². The minimum atomic E-state index is 0.417. The number of H-pyrrole nitrogens is 1. The van der Waals surface area contributed by atoms with Gasteiger partial charge in [0.2, 0.25) is 5.95 Å². The fraction of sp³-hybridized carbons (Fsp3) is 0.583. The van der Waals surface area contributed by atoms with E-state index in [-0.39, 0.29) is 0 Å². The zero-order valence-electron chi connectivity index (χ0n) is 10.7. The summed E-state index contributed by atoms with van der Waals surface area (Å²) in [6.07, 6.45) is 5.68. The van der Waals surface area contributed by atoms with E-state index in [1.165, 1.54) is 19.3 Å². The lowest BCUT2D eigenvalue weighted by Crippen LogP contribution is -2.33. The molecule has 2 aromatic rings. The maximum absolute atomic E-state index is 4.46. The van der Waals surface area contributed by atoms with Gasteiger partial charge in [-0.15, -0.1) is 0 Å². The van der Waals surface area contributed by atoms with Crippen LogP contribution in [0.5, 0.6) is 0 Å². The largest absolute Gasteiger partial charge is 0.369 e. The highest BCUT2D eigenvalue weighted by Gasteiger charge is 2.31. The van der Waals surface area contributed by atoms with Crippen LogP contribution < -0.4 is 10.6 Å². The summed E-state index contributed by atoms with van der Waals surface area (Å²) in [4.78, 5) is 8.77. The van der Waals surface area contributed by atoms with Crippen molar-refractivity contribution in [1.82, 2.24) is 20.2 Å². The molecule has 6 nitrogen and oxygen atoms in total. The molecule has 0 spiro atoms. The molecule has 0 radical (unpaired) electrons. The van der Waals surface area contributed by atoms with Gasteiger partial charge in [0.1, 0.15) is 5.82 Å². The molecule has 3 rings (SSSR count). The Hall–Kier alpha value is -1.85. The van der Waals surface area contributed by atoms with Crippen molar-refractivity contribution in [2.75, 3.05) is 24.2 Å². The maximum Gasteiger partial charge on any atom is 0.226 e. The van der Waals surface area contributed by atoms with Crippen LogP contribution in [0.2, 0.25) is 0 Å². The van der Waals surface area contributed by atoms with Gasteiger partial charge in [0, 0.05) is 13.6 Å². The third-order valence-corrected chi connectivity index (χ3v) is 3.78. The lowest BCUT2D eigenvalue weighted by Gasteiger charge is -2.38. The predicted molar refractivity (Wildman–Crippen MR) is 71.7 cm³/mol. The van der Waals surface area contributed by atoms with Crippen LogP contribution in [0.3, 0.4) is 0 Å². The molecule has 1 aliphatic carbocycles. The van der Waals surface area contributed by atoms with E-state index in [1.54, 1.807) is 6.20 Å². The van der Waals surface area contributed by atoms with E-state index in [4.69, 9.17) is 0 Å². The van der Waals surface area contributed by atoms with Gasteiger partial charge >= 0.3 is 0 Å². The Morgan fingerprint density at radius 2 is 2.22 bits per heavy atom. The Labute approximate surface area is 106 Å². The summed E-state index contributed by atoms with van der Waals surface area (Å²) in [7, 11) is 1.81. The molecule has 2 heterocycles. The smallest absolute Gasteiger partial charge is 0.226 e. The highest BCUT2D eigenvalue weighted by atomic mass is 15.2. The quantitative estimate of drug-likeness (QED) is 0.769. The molecule has 0 bridgehead atoms. The fourth-order valence-corrected chi connectivity index (χ4v) is 2.34. The minimum Gasteiger partial charge on any atom is -0.369 e. The lowest BCUT2D eigenvalue weighted by molar-refractivity contribution is 0.180. The maximum atomic E-state index is 4.46. The van der Waals surface area contributed by atoms with Gasteiger partial charge in [-0.3, -0.25) is 5.10 Å². The molecule has 6 heteroatoms. The Morgan fingerprint density at radius 3 is 2.89 bits per heavy atom. The number of hydrogen-bond acceptors (Lipinski definition) is 5. The van der Waals surface area contributed by atoms with E-state index in [1.807, 2.05) is 7.05 Å². The van der Waals surface area contributed by atoms with Gasteiger partial charge < -0.3 is 10.6 Å². The van der Waals surface area contributed by atoms with Crippen LogP contribution in [0.4, 0.5) is 11.8 Å². The molecule has 1 aliphatic rings. The molecule has 0 aromatic carbocycles. The molecular weight excluding hydrogens is 228 g/mol. The monoisotopic (exact) mass is 246 g/mol. The van der Waals surface area contributed by atoms with E-state index in [0.717, 1.165) is 23.4 Å². The average molecular weight is 246 g/mol. The van der Waals surface area contributed by atoms with Crippen molar-refractivity contribution < 1.29 is 0 Å². The fourth-order valence-electron chi connectivity index (χ4n) is 2.34. The molecule has 0 saturated heterocycles. The van der Waals surface area contributed by atoms with E-state index in [0.29, 0.717) is 11.4 Å². The first kappa shape index (κ1) is 11.3. The number of nitrogens with zero attached hydrogens (tertiary/aromatic N) is 3. The zero-order valence-corrected chi connectivity index (χ0v) is 10.7. The van der Waals surface area contributed by atoms with Crippen molar-refractivity contribution in [1.29, 1.82) is 0 Å². The van der Waals surface area contributed by atoms with Crippen molar-refractivity contribution in [3.8, 4) is 0 Å². The molecule has 1 fully saturated rings. The van der Waals surface area contributed by atoms with E-state index in [9.17, 15) is 0 Å². The number of fused-ring (bicyclic) bond motifs is 1. The first-order valence-electron chi connectivity index (χ1n) is 6.33. The number of aromatic nitrogens is 4. The van der Waals surface area contributed by atoms with Gasteiger partial charge in [-0.1, -0.05) is 13.3 Å². The van der Waals surface area contributed by atoms with Gasteiger partial charge in [0.05, 0.1) is 11.6 Å². The van der Waals surface area contributed by atoms with E-state index < -0.39 is 0 Å². The topological polar surface area (TPSA) is 78.5 Å². The molecule has 18 heavy (non-hydrogen) atoms. The number of aromatic amines is 1. The molecule has 3 N–H and O–H groups in total. The molecule has 2 aromatic heterocycles. The van der Waals surface area contributed by atoms with Gasteiger partial charge in [-0.2, -0.15) is 15.1 Å². The van der Waals surface area contributed by atoms with Crippen LogP contribution in [0.15, 0.2) is 6.20 Å². The second-order valence-electron chi connectivity index (χ2n) is 5.30. The normalized spacial score (nSPS) is 17.4. The third-order valence-electron chi connectivity index (χ3n) is 3.78. The van der Waals surface area contributed by atoms with Crippen LogP contribution in [-0.4, -0.2) is 33.8 Å². The molecule has 0 atom stereocenters. The van der Waals surface area contributed by atoms with Crippen LogP contribution in [0.1, 0.15) is 26.2 Å². The summed E-state index contributed by atoms with van der Waals surface area (Å²) in [5.41, 5.74) is 1.18. The second-order valence-corrected chi connectivity index (χ2v) is 5.30. The number of hydrogen-bond donors (Lipinski definition) is 3. The Bertz CT molecular complexity index is 557. The van der Waals surface area contributed by atoms with Crippen molar-refractivity contribution in [2.45, 2.75) is 26.2 Å². The summed E-state index contributed by atoms with van der Waals surface area (Å²) in [6.45, 7) is 3.27. The SMILES string of the molecule is CNc1nc(NCC2(C)CCC2)c2cn[nH]c2n1. The summed E-state index contributed by atoms with van der Waals surface area (Å²) < 4.78 is 0. The van der Waals surface area contributed by atoms with Crippen molar-refractivity contribution >= 4 is 22.8 Å². The number of rotatable bonds is 4. The second kappa shape index (κ2) is 4.12. The molecule has 0 unspecified atom stereocenters. The molecule has 0 amide bonds. The number of nitrogens with one attached hydrogen (secondary N) is 3. The minimum absolute atomic E-state index is 0.417. The van der Waals surface area contributed by atoms with Gasteiger partial charge in [0.25, 0.3) is 0 Å². The van der Waals surface area contributed by atoms with Crippen molar-refractivity contribution in [3.63, 3.8) is 0 Å². The highest BCUT2D eigenvalue weighted by Crippen LogP contribution is 2.40. The third kappa shape index (κ3) is 1.87. The van der Waals surface area contributed by atoms with E-state index in [2.05, 4.69) is 37.7 Å². The summed E-state index contributed by atoms with van der Waals surface area (Å²) >= 11 is 0.